The van der Waals surface area contributed by atoms with Crippen LogP contribution < -0.4 is 4.90 Å². The Balaban J connectivity index is 1.52. The van der Waals surface area contributed by atoms with Gasteiger partial charge in [0.1, 0.15) is 26.9 Å². The predicted octanol–water partition coefficient (Wildman–Crippen LogP) is 2.48. The van der Waals surface area contributed by atoms with Crippen LogP contribution in [0.3, 0.4) is 0 Å². The first-order chi connectivity index (χ1) is 12.4. The van der Waals surface area contributed by atoms with Crippen LogP contribution >= 0.6 is 11.3 Å². The minimum atomic E-state index is -4.00. The molecule has 136 valence electrons. The Labute approximate surface area is 152 Å². The second-order valence-electron chi connectivity index (χ2n) is 5.79. The van der Waals surface area contributed by atoms with E-state index < -0.39 is 26.6 Å². The molecule has 3 heterocycles. The molecular weight excluding hydrogens is 382 g/mol. The van der Waals surface area contributed by atoms with Gasteiger partial charge in [-0.05, 0) is 24.3 Å². The van der Waals surface area contributed by atoms with Gasteiger partial charge in [0.25, 0.3) is 0 Å². The predicted molar refractivity (Wildman–Crippen MR) is 94.7 cm³/mol. The number of thiazole rings is 1. The lowest BCUT2D eigenvalue weighted by molar-refractivity contribution is 0.382. The second-order valence-corrected chi connectivity index (χ2v) is 8.65. The highest BCUT2D eigenvalue weighted by atomic mass is 32.2. The summed E-state index contributed by atoms with van der Waals surface area (Å²) >= 11 is 1.45. The standard InChI is InChI=1S/C16H14F2N4O2S2/c17-11-3-4-14(12(18)10-11)26(23,24)22-8-6-21(7-9-22)16-20-13-2-1-5-19-15(13)25-16/h1-5,10H,6-9H2. The first-order valence-electron chi connectivity index (χ1n) is 7.87. The molecule has 0 amide bonds. The van der Waals surface area contributed by atoms with E-state index in [1.165, 1.54) is 15.6 Å². The number of rotatable bonds is 3. The molecular formula is C16H14F2N4O2S2. The third kappa shape index (κ3) is 3.04. The smallest absolute Gasteiger partial charge is 0.246 e. The van der Waals surface area contributed by atoms with Gasteiger partial charge in [-0.1, -0.05) is 11.3 Å². The van der Waals surface area contributed by atoms with Gasteiger partial charge in [-0.15, -0.1) is 0 Å². The van der Waals surface area contributed by atoms with E-state index in [9.17, 15) is 17.2 Å². The Kier molecular flexibility index (Phi) is 4.33. The minimum Gasteiger partial charge on any atom is -0.345 e. The molecule has 6 nitrogen and oxygen atoms in total. The number of halogens is 2. The molecule has 4 rings (SSSR count). The van der Waals surface area contributed by atoms with Gasteiger partial charge in [-0.3, -0.25) is 0 Å². The molecule has 0 unspecified atom stereocenters. The van der Waals surface area contributed by atoms with E-state index >= 15 is 0 Å². The molecule has 1 aliphatic heterocycles. The lowest BCUT2D eigenvalue weighted by Gasteiger charge is -2.33. The van der Waals surface area contributed by atoms with Gasteiger partial charge in [0.15, 0.2) is 5.13 Å². The Morgan fingerprint density at radius 3 is 2.54 bits per heavy atom. The summed E-state index contributed by atoms with van der Waals surface area (Å²) in [7, 11) is -4.00. The van der Waals surface area contributed by atoms with Crippen LogP contribution in [0.25, 0.3) is 10.3 Å². The van der Waals surface area contributed by atoms with Crippen LogP contribution in [-0.2, 0) is 10.0 Å². The van der Waals surface area contributed by atoms with E-state index in [2.05, 4.69) is 9.97 Å². The van der Waals surface area contributed by atoms with Crippen molar-refractivity contribution >= 4 is 36.8 Å². The summed E-state index contributed by atoms with van der Waals surface area (Å²) < 4.78 is 53.4. The van der Waals surface area contributed by atoms with E-state index in [0.29, 0.717) is 19.2 Å². The number of nitrogens with zero attached hydrogens (tertiary/aromatic N) is 4. The third-order valence-corrected chi connectivity index (χ3v) is 7.15. The minimum absolute atomic E-state index is 0.197. The number of pyridine rings is 1. The van der Waals surface area contributed by atoms with Gasteiger partial charge < -0.3 is 4.90 Å². The molecule has 3 aromatic rings. The Bertz CT molecular complexity index is 1030. The number of aromatic nitrogens is 2. The van der Waals surface area contributed by atoms with Crippen molar-refractivity contribution < 1.29 is 17.2 Å². The number of hydrogen-bond acceptors (Lipinski definition) is 6. The van der Waals surface area contributed by atoms with E-state index in [0.717, 1.165) is 27.6 Å². The molecule has 0 bridgehead atoms. The van der Waals surface area contributed by atoms with Crippen molar-refractivity contribution in [2.75, 3.05) is 31.1 Å². The highest BCUT2D eigenvalue weighted by molar-refractivity contribution is 7.89. The quantitative estimate of drug-likeness (QED) is 0.681. The zero-order valence-corrected chi connectivity index (χ0v) is 15.1. The Morgan fingerprint density at radius 2 is 1.85 bits per heavy atom. The lowest BCUT2D eigenvalue weighted by Crippen LogP contribution is -2.48. The first-order valence-corrected chi connectivity index (χ1v) is 10.1. The highest BCUT2D eigenvalue weighted by Gasteiger charge is 2.31. The van der Waals surface area contributed by atoms with E-state index in [4.69, 9.17) is 0 Å². The number of fused-ring (bicyclic) bond motifs is 1. The maximum absolute atomic E-state index is 13.9. The van der Waals surface area contributed by atoms with Crippen molar-refractivity contribution in [3.05, 3.63) is 48.2 Å². The Morgan fingerprint density at radius 1 is 1.08 bits per heavy atom. The maximum atomic E-state index is 13.9. The van der Waals surface area contributed by atoms with Gasteiger partial charge in [0.05, 0.1) is 0 Å². The van der Waals surface area contributed by atoms with Gasteiger partial charge in [-0.2, -0.15) is 4.31 Å². The summed E-state index contributed by atoms with van der Waals surface area (Å²) in [5, 5.41) is 0.781. The molecule has 1 aliphatic rings. The largest absolute Gasteiger partial charge is 0.345 e. The van der Waals surface area contributed by atoms with Crippen LogP contribution in [0.15, 0.2) is 41.4 Å². The Hall–Kier alpha value is -2.17. The molecule has 10 heteroatoms. The van der Waals surface area contributed by atoms with Crippen LogP contribution in [0.2, 0.25) is 0 Å². The highest BCUT2D eigenvalue weighted by Crippen LogP contribution is 2.29. The van der Waals surface area contributed by atoms with Crippen LogP contribution in [0.4, 0.5) is 13.9 Å². The monoisotopic (exact) mass is 396 g/mol. The summed E-state index contributed by atoms with van der Waals surface area (Å²) in [6, 6.07) is 6.18. The van der Waals surface area contributed by atoms with Gasteiger partial charge in [0.2, 0.25) is 10.0 Å². The fourth-order valence-corrected chi connectivity index (χ4v) is 5.26. The molecule has 0 N–H and O–H groups in total. The van der Waals surface area contributed by atoms with Crippen LogP contribution in [0.1, 0.15) is 0 Å². The topological polar surface area (TPSA) is 66.4 Å². The average Bonchev–Trinajstić information content (AvgIpc) is 3.05. The van der Waals surface area contributed by atoms with Crippen molar-refractivity contribution in [2.24, 2.45) is 0 Å². The van der Waals surface area contributed by atoms with Crippen molar-refractivity contribution in [3.63, 3.8) is 0 Å². The number of benzene rings is 1. The molecule has 1 aromatic carbocycles. The van der Waals surface area contributed by atoms with Crippen LogP contribution in [0.5, 0.6) is 0 Å². The van der Waals surface area contributed by atoms with Crippen molar-refractivity contribution in [1.29, 1.82) is 0 Å². The van der Waals surface area contributed by atoms with E-state index in [1.807, 2.05) is 17.0 Å². The first kappa shape index (κ1) is 17.3. The van der Waals surface area contributed by atoms with Gasteiger partial charge in [0, 0.05) is 38.4 Å². The van der Waals surface area contributed by atoms with Gasteiger partial charge >= 0.3 is 0 Å². The normalized spacial score (nSPS) is 16.3. The zero-order chi connectivity index (χ0) is 18.3. The summed E-state index contributed by atoms with van der Waals surface area (Å²) in [4.78, 5) is 11.1. The van der Waals surface area contributed by atoms with E-state index in [1.54, 1.807) is 6.20 Å². The zero-order valence-electron chi connectivity index (χ0n) is 13.5. The maximum Gasteiger partial charge on any atom is 0.246 e. The number of anilines is 1. The van der Waals surface area contributed by atoms with Crippen molar-refractivity contribution in [3.8, 4) is 0 Å². The molecule has 0 aliphatic carbocycles. The number of hydrogen-bond donors (Lipinski definition) is 0. The molecule has 1 fully saturated rings. The van der Waals surface area contributed by atoms with Crippen molar-refractivity contribution in [1.82, 2.24) is 14.3 Å². The molecule has 0 saturated carbocycles. The average molecular weight is 396 g/mol. The summed E-state index contributed by atoms with van der Waals surface area (Å²) in [6.07, 6.45) is 1.70. The lowest BCUT2D eigenvalue weighted by atomic mass is 10.3. The molecule has 1 saturated heterocycles. The molecule has 0 radical (unpaired) electrons. The molecule has 0 atom stereocenters. The summed E-state index contributed by atoms with van der Waals surface area (Å²) in [5.41, 5.74) is 0.802. The molecule has 26 heavy (non-hydrogen) atoms. The SMILES string of the molecule is O=S(=O)(c1ccc(F)cc1F)N1CCN(c2nc3cccnc3s2)CC1. The second kappa shape index (κ2) is 6.53. The summed E-state index contributed by atoms with van der Waals surface area (Å²) in [5.74, 6) is -1.89. The number of sulfonamides is 1. The van der Waals surface area contributed by atoms with Crippen LogP contribution in [-0.4, -0.2) is 48.9 Å². The van der Waals surface area contributed by atoms with Crippen molar-refractivity contribution in [2.45, 2.75) is 4.90 Å². The fourth-order valence-electron chi connectivity index (χ4n) is 2.84. The third-order valence-electron chi connectivity index (χ3n) is 4.18. The van der Waals surface area contributed by atoms with Gasteiger partial charge in [-0.25, -0.2) is 27.2 Å². The van der Waals surface area contributed by atoms with Crippen LogP contribution in [0, 0.1) is 11.6 Å². The molecule has 0 spiro atoms. The number of piperazine rings is 1. The fraction of sp³-hybridized carbons (Fsp3) is 0.250. The summed E-state index contributed by atoms with van der Waals surface area (Å²) in [6.45, 7) is 1.26. The molecule has 2 aromatic heterocycles. The van der Waals surface area contributed by atoms with E-state index in [-0.39, 0.29) is 13.1 Å².